The molecule has 1 aromatic carbocycles. The molecule has 14 heteroatoms. The first-order valence-corrected chi connectivity index (χ1v) is 20.5. The second-order valence-corrected chi connectivity index (χ2v) is 17.2. The summed E-state index contributed by atoms with van der Waals surface area (Å²) in [6.45, 7) is 9.51. The van der Waals surface area contributed by atoms with Crippen LogP contribution in [0.1, 0.15) is 117 Å². The Morgan fingerprint density at radius 3 is 2.30 bits per heavy atom. The number of nitrogens with one attached hydrogen (secondary N) is 2. The molecule has 3 saturated heterocycles. The Morgan fingerprint density at radius 2 is 1.68 bits per heavy atom. The highest BCUT2D eigenvalue weighted by molar-refractivity contribution is 14.1. The SMILES string of the molecule is CCCCCC1(CCCCC)O[C@@H]2[C@H](O1)[C@H]1ON(Cc3ccc(I)cc3)[C@H]3C(=O)O[C@@H]2C[C@@]13C(=O)NCCC(=O)N[C@H](CO)CCC(=O)OC(C)(C)C. The minimum atomic E-state index is -1.35. The molecular weight excluding hydrogens is 797 g/mol. The van der Waals surface area contributed by atoms with Gasteiger partial charge in [0.25, 0.3) is 0 Å². The number of carbonyl (C=O) groups excluding carboxylic acids is 4. The highest BCUT2D eigenvalue weighted by Crippen LogP contribution is 2.58. The normalized spacial score (nSPS) is 27.8. The van der Waals surface area contributed by atoms with Crippen LogP contribution in [0, 0.1) is 8.99 Å². The molecule has 4 aliphatic rings. The molecular formula is C39H58IN3O10. The quantitative estimate of drug-likeness (QED) is 0.0993. The van der Waals surface area contributed by atoms with Crippen molar-refractivity contribution in [2.75, 3.05) is 13.2 Å². The van der Waals surface area contributed by atoms with Gasteiger partial charge in [0.05, 0.1) is 19.2 Å². The van der Waals surface area contributed by atoms with Crippen LogP contribution in [0.5, 0.6) is 0 Å². The topological polar surface area (TPSA) is 162 Å². The van der Waals surface area contributed by atoms with Gasteiger partial charge in [0, 0.05) is 42.2 Å². The lowest BCUT2D eigenvalue weighted by Gasteiger charge is -2.48. The highest BCUT2D eigenvalue weighted by atomic mass is 127. The standard InChI is InChI=1S/C39H58IN3O10/c1-6-8-10-19-38(20-11-9-7-2)51-31-28-22-39(36(48)41-21-18-29(45)42-27(24-44)16-17-30(46)50-37(3,4)5)33(35(47)49-28)43(53-34(39)32(31)52-38)23-25-12-14-26(40)15-13-25/h12-15,27-28,31-34,44H,6-11,16-24H2,1-5H3,(H,41,48)(H,42,45)/t27-,28+,31-,32-,33-,34+,39-/m0/s1. The first-order chi connectivity index (χ1) is 25.2. The van der Waals surface area contributed by atoms with E-state index in [1.54, 1.807) is 25.8 Å². The van der Waals surface area contributed by atoms with Crippen molar-refractivity contribution >= 4 is 46.3 Å². The largest absolute Gasteiger partial charge is 0.460 e. The number of hydrogen-bond acceptors (Lipinski definition) is 11. The summed E-state index contributed by atoms with van der Waals surface area (Å²) in [7, 11) is 0. The van der Waals surface area contributed by atoms with Crippen molar-refractivity contribution in [3.63, 3.8) is 0 Å². The Balaban J connectivity index is 1.33. The van der Waals surface area contributed by atoms with E-state index in [0.717, 1.165) is 47.7 Å². The molecule has 0 unspecified atom stereocenters. The molecule has 296 valence electrons. The Morgan fingerprint density at radius 1 is 1.02 bits per heavy atom. The molecule has 0 aromatic heterocycles. The van der Waals surface area contributed by atoms with Gasteiger partial charge in [-0.2, -0.15) is 5.06 Å². The van der Waals surface area contributed by atoms with Crippen LogP contribution in [-0.4, -0.2) is 95.0 Å². The van der Waals surface area contributed by atoms with E-state index in [4.69, 9.17) is 23.8 Å². The molecule has 2 amide bonds. The number of aliphatic hydroxyl groups excluding tert-OH is 1. The number of ether oxygens (including phenoxy) is 4. The van der Waals surface area contributed by atoms with Gasteiger partial charge in [-0.05, 0) is 80.3 Å². The number of amides is 2. The minimum Gasteiger partial charge on any atom is -0.460 e. The predicted molar refractivity (Wildman–Crippen MR) is 203 cm³/mol. The Kier molecular flexibility index (Phi) is 14.2. The molecule has 1 saturated carbocycles. The number of carbonyl (C=O) groups is 4. The molecule has 7 atom stereocenters. The van der Waals surface area contributed by atoms with Crippen LogP contribution in [-0.2, 0) is 49.5 Å². The Hall–Kier alpha value is -2.37. The maximum absolute atomic E-state index is 14.6. The van der Waals surface area contributed by atoms with Crippen molar-refractivity contribution < 1.29 is 48.1 Å². The molecule has 3 aliphatic heterocycles. The lowest BCUT2D eigenvalue weighted by Crippen LogP contribution is -2.69. The number of hydrogen-bond donors (Lipinski definition) is 3. The van der Waals surface area contributed by atoms with E-state index in [1.807, 2.05) is 24.3 Å². The molecule has 1 aromatic rings. The van der Waals surface area contributed by atoms with E-state index in [-0.39, 0.29) is 45.4 Å². The van der Waals surface area contributed by atoms with Crippen molar-refractivity contribution in [3.05, 3.63) is 33.4 Å². The van der Waals surface area contributed by atoms with Gasteiger partial charge in [-0.1, -0.05) is 51.7 Å². The fraction of sp³-hybridized carbons (Fsp3) is 0.744. The lowest BCUT2D eigenvalue weighted by atomic mass is 9.62. The number of hydroxylamine groups is 2. The lowest BCUT2D eigenvalue weighted by molar-refractivity contribution is -0.224. The van der Waals surface area contributed by atoms with Crippen molar-refractivity contribution in [2.45, 2.75) is 166 Å². The van der Waals surface area contributed by atoms with Crippen molar-refractivity contribution in [2.24, 2.45) is 5.41 Å². The Bertz CT molecular complexity index is 1430. The van der Waals surface area contributed by atoms with Gasteiger partial charge < -0.3 is 34.7 Å². The number of benzene rings is 1. The summed E-state index contributed by atoms with van der Waals surface area (Å²) < 4.78 is 26.2. The first kappa shape index (κ1) is 41.8. The smallest absolute Gasteiger partial charge is 0.327 e. The monoisotopic (exact) mass is 855 g/mol. The summed E-state index contributed by atoms with van der Waals surface area (Å²) >= 11 is 2.24. The summed E-state index contributed by atoms with van der Waals surface area (Å²) in [4.78, 5) is 60.3. The average molecular weight is 856 g/mol. The molecule has 1 aliphatic carbocycles. The van der Waals surface area contributed by atoms with E-state index in [1.165, 1.54) is 0 Å². The zero-order valence-corrected chi connectivity index (χ0v) is 34.0. The van der Waals surface area contributed by atoms with Crippen LogP contribution >= 0.6 is 22.6 Å². The molecule has 0 spiro atoms. The number of aliphatic hydroxyl groups is 1. The first-order valence-electron chi connectivity index (χ1n) is 19.4. The van der Waals surface area contributed by atoms with E-state index in [2.05, 4.69) is 47.1 Å². The number of fused-ring (bicyclic) bond motifs is 4. The number of unbranched alkanes of at least 4 members (excludes halogenated alkanes) is 4. The molecule has 53 heavy (non-hydrogen) atoms. The Labute approximate surface area is 327 Å². The summed E-state index contributed by atoms with van der Waals surface area (Å²) in [5, 5.41) is 17.1. The van der Waals surface area contributed by atoms with E-state index >= 15 is 0 Å². The number of esters is 2. The fourth-order valence-corrected chi connectivity index (χ4v) is 8.47. The van der Waals surface area contributed by atoms with Crippen LogP contribution in [0.4, 0.5) is 0 Å². The molecule has 13 nitrogen and oxygen atoms in total. The average Bonchev–Trinajstić information content (AvgIpc) is 3.65. The van der Waals surface area contributed by atoms with Gasteiger partial charge in [-0.25, -0.2) is 0 Å². The summed E-state index contributed by atoms with van der Waals surface area (Å²) in [5.74, 6) is -2.64. The number of rotatable bonds is 19. The van der Waals surface area contributed by atoms with Gasteiger partial charge in [-0.3, -0.25) is 24.0 Å². The van der Waals surface area contributed by atoms with Gasteiger partial charge in [0.15, 0.2) is 11.8 Å². The molecule has 5 rings (SSSR count). The highest BCUT2D eigenvalue weighted by Gasteiger charge is 2.76. The third kappa shape index (κ3) is 9.90. The number of halogens is 1. The zero-order valence-electron chi connectivity index (χ0n) is 31.8. The van der Waals surface area contributed by atoms with Crippen molar-refractivity contribution in [1.29, 1.82) is 0 Å². The third-order valence-corrected chi connectivity index (χ3v) is 11.3. The van der Waals surface area contributed by atoms with Gasteiger partial charge in [0.2, 0.25) is 11.8 Å². The zero-order chi connectivity index (χ0) is 38.4. The van der Waals surface area contributed by atoms with E-state index < -0.39 is 77.1 Å². The van der Waals surface area contributed by atoms with Gasteiger partial charge in [-0.15, -0.1) is 0 Å². The second kappa shape index (κ2) is 18.1. The van der Waals surface area contributed by atoms with Crippen molar-refractivity contribution in [1.82, 2.24) is 15.7 Å². The molecule has 0 radical (unpaired) electrons. The van der Waals surface area contributed by atoms with Crippen LogP contribution in [0.3, 0.4) is 0 Å². The van der Waals surface area contributed by atoms with Crippen LogP contribution in [0.2, 0.25) is 0 Å². The van der Waals surface area contributed by atoms with Crippen LogP contribution in [0.15, 0.2) is 24.3 Å². The second-order valence-electron chi connectivity index (χ2n) is 15.9. The maximum atomic E-state index is 14.6. The van der Waals surface area contributed by atoms with Crippen molar-refractivity contribution in [3.8, 4) is 0 Å². The predicted octanol–water partition coefficient (Wildman–Crippen LogP) is 4.84. The van der Waals surface area contributed by atoms with E-state index in [9.17, 15) is 24.3 Å². The number of nitrogens with zero attached hydrogens (tertiary/aromatic N) is 1. The maximum Gasteiger partial charge on any atom is 0.327 e. The molecule has 4 fully saturated rings. The summed E-state index contributed by atoms with van der Waals surface area (Å²) in [6, 6.07) is 6.20. The van der Waals surface area contributed by atoms with Gasteiger partial charge in [0.1, 0.15) is 35.4 Å². The minimum absolute atomic E-state index is 0.0175. The third-order valence-electron chi connectivity index (χ3n) is 10.6. The molecule has 3 N–H and O–H groups in total. The summed E-state index contributed by atoms with van der Waals surface area (Å²) in [5.41, 5.74) is -1.08. The summed E-state index contributed by atoms with van der Waals surface area (Å²) in [6.07, 6.45) is 4.98. The van der Waals surface area contributed by atoms with Gasteiger partial charge >= 0.3 is 11.9 Å². The van der Waals surface area contributed by atoms with E-state index in [0.29, 0.717) is 12.8 Å². The van der Waals surface area contributed by atoms with Crippen LogP contribution in [0.25, 0.3) is 0 Å². The molecule has 3 heterocycles. The molecule has 2 bridgehead atoms. The van der Waals surface area contributed by atoms with Crippen LogP contribution < -0.4 is 10.6 Å². The fourth-order valence-electron chi connectivity index (χ4n) is 8.11.